The highest BCUT2D eigenvalue weighted by Crippen LogP contribution is 2.22. The Kier molecular flexibility index (Phi) is 4.95. The molecule has 2 N–H and O–H groups in total. The lowest BCUT2D eigenvalue weighted by Gasteiger charge is -2.09. The van der Waals surface area contributed by atoms with Gasteiger partial charge >= 0.3 is 6.09 Å². The first-order valence-corrected chi connectivity index (χ1v) is 7.80. The van der Waals surface area contributed by atoms with Crippen molar-refractivity contribution in [3.8, 4) is 5.75 Å². The van der Waals surface area contributed by atoms with Crippen molar-refractivity contribution in [1.29, 1.82) is 5.41 Å². The number of carbonyl (C=O) groups is 1. The third-order valence-electron chi connectivity index (χ3n) is 3.76. The van der Waals surface area contributed by atoms with Crippen LogP contribution >= 0.6 is 0 Å². The maximum absolute atomic E-state index is 11.8. The lowest BCUT2D eigenvalue weighted by molar-refractivity contribution is 0.177. The Balaban J connectivity index is 1.63. The fraction of sp³-hybridized carbons (Fsp3) is 0.100. The molecule has 0 radical (unpaired) electrons. The predicted molar refractivity (Wildman–Crippen MR) is 98.7 cm³/mol. The van der Waals surface area contributed by atoms with E-state index in [1.54, 1.807) is 19.2 Å². The molecule has 0 unspecified atom stereocenters. The third-order valence-corrected chi connectivity index (χ3v) is 3.76. The Labute approximate surface area is 145 Å². The van der Waals surface area contributed by atoms with Crippen LogP contribution in [-0.2, 0) is 4.74 Å². The van der Waals surface area contributed by atoms with Crippen molar-refractivity contribution >= 4 is 28.3 Å². The summed E-state index contributed by atoms with van der Waals surface area (Å²) in [5.41, 5.74) is 1.60. The molecular weight excluding hydrogens is 316 g/mol. The molecule has 3 rings (SSSR count). The molecule has 0 aliphatic rings. The van der Waals surface area contributed by atoms with Crippen LogP contribution < -0.4 is 10.1 Å². The quantitative estimate of drug-likeness (QED) is 0.677. The van der Waals surface area contributed by atoms with Gasteiger partial charge in [-0.05, 0) is 46.7 Å². The van der Waals surface area contributed by atoms with Gasteiger partial charge in [-0.25, -0.2) is 4.79 Å². The van der Waals surface area contributed by atoms with Crippen molar-refractivity contribution in [2.24, 2.45) is 0 Å². The highest BCUT2D eigenvalue weighted by Gasteiger charge is 2.08. The maximum Gasteiger partial charge on any atom is 0.412 e. The molecule has 5 nitrogen and oxygen atoms in total. The van der Waals surface area contributed by atoms with Crippen LogP contribution in [0.25, 0.3) is 10.8 Å². The first kappa shape index (κ1) is 16.5. The molecule has 0 atom stereocenters. The number of fused-ring (bicyclic) bond motifs is 1. The molecule has 0 bridgehead atoms. The van der Waals surface area contributed by atoms with E-state index in [1.165, 1.54) is 0 Å². The van der Waals surface area contributed by atoms with Crippen LogP contribution in [0.4, 0.5) is 10.5 Å². The summed E-state index contributed by atoms with van der Waals surface area (Å²) >= 11 is 0. The van der Waals surface area contributed by atoms with E-state index < -0.39 is 6.09 Å². The fourth-order valence-electron chi connectivity index (χ4n) is 2.43. The number of carbonyl (C=O) groups excluding carboxylic acids is 1. The molecule has 0 saturated carbocycles. The van der Waals surface area contributed by atoms with Gasteiger partial charge in [-0.3, -0.25) is 5.32 Å². The number of para-hydroxylation sites is 1. The average Bonchev–Trinajstić information content (AvgIpc) is 2.66. The Bertz CT molecular complexity index is 907. The second kappa shape index (κ2) is 7.49. The molecule has 0 aliphatic heterocycles. The molecule has 0 fully saturated rings. The zero-order chi connectivity index (χ0) is 17.6. The summed E-state index contributed by atoms with van der Waals surface area (Å²) in [6.45, 7) is -0.0969. The number of anilines is 1. The zero-order valence-corrected chi connectivity index (χ0v) is 13.8. The van der Waals surface area contributed by atoms with Gasteiger partial charge in [-0.1, -0.05) is 36.4 Å². The number of ether oxygens (including phenoxy) is 2. The van der Waals surface area contributed by atoms with Crippen molar-refractivity contribution in [2.45, 2.75) is 0 Å². The van der Waals surface area contributed by atoms with Crippen molar-refractivity contribution in [2.75, 3.05) is 19.0 Å². The number of hydrogen-bond acceptors (Lipinski definition) is 4. The molecule has 1 amide bonds. The van der Waals surface area contributed by atoms with E-state index in [0.717, 1.165) is 16.5 Å². The summed E-state index contributed by atoms with van der Waals surface area (Å²) in [6.07, 6.45) is -0.582. The van der Waals surface area contributed by atoms with Gasteiger partial charge in [0.1, 0.15) is 12.4 Å². The van der Waals surface area contributed by atoms with Gasteiger partial charge in [-0.15, -0.1) is 0 Å². The Hall–Kier alpha value is -3.34. The SMILES string of the molecule is COc1ccc2cc(C(=N)COC(=O)Nc3ccccc3)ccc2c1. The van der Waals surface area contributed by atoms with Crippen LogP contribution in [-0.4, -0.2) is 25.5 Å². The molecule has 0 saturated heterocycles. The summed E-state index contributed by atoms with van der Waals surface area (Å²) in [6, 6.07) is 20.4. The number of amides is 1. The van der Waals surface area contributed by atoms with Crippen molar-refractivity contribution in [3.05, 3.63) is 72.3 Å². The Morgan fingerprint density at radius 3 is 2.48 bits per heavy atom. The summed E-state index contributed by atoms with van der Waals surface area (Å²) in [4.78, 5) is 11.8. The molecular formula is C20H18N2O3. The standard InChI is InChI=1S/C20H18N2O3/c1-24-18-10-9-14-11-16(8-7-15(14)12-18)19(21)13-25-20(23)22-17-5-3-2-4-6-17/h2-12,21H,13H2,1H3,(H,22,23). The molecule has 3 aromatic rings. The molecule has 0 aliphatic carbocycles. The second-order valence-corrected chi connectivity index (χ2v) is 5.47. The van der Waals surface area contributed by atoms with Gasteiger partial charge in [0.2, 0.25) is 0 Å². The minimum absolute atomic E-state index is 0.0969. The number of benzene rings is 3. The lowest BCUT2D eigenvalue weighted by atomic mass is 10.0. The molecule has 5 heteroatoms. The first-order valence-electron chi connectivity index (χ1n) is 7.80. The van der Waals surface area contributed by atoms with Crippen LogP contribution in [0.15, 0.2) is 66.7 Å². The van der Waals surface area contributed by atoms with Crippen LogP contribution in [0.5, 0.6) is 5.75 Å². The van der Waals surface area contributed by atoms with Gasteiger partial charge in [-0.2, -0.15) is 0 Å². The highest BCUT2D eigenvalue weighted by atomic mass is 16.5. The minimum Gasteiger partial charge on any atom is -0.497 e. The van der Waals surface area contributed by atoms with Crippen LogP contribution in [0.2, 0.25) is 0 Å². The fourth-order valence-corrected chi connectivity index (χ4v) is 2.43. The predicted octanol–water partition coefficient (Wildman–Crippen LogP) is 4.46. The normalized spacial score (nSPS) is 10.3. The maximum atomic E-state index is 11.8. The number of hydrogen-bond donors (Lipinski definition) is 2. The summed E-state index contributed by atoms with van der Waals surface area (Å²) in [5, 5.41) is 12.8. The van der Waals surface area contributed by atoms with Crippen molar-refractivity contribution in [3.63, 3.8) is 0 Å². The number of nitrogens with one attached hydrogen (secondary N) is 2. The van der Waals surface area contributed by atoms with E-state index in [0.29, 0.717) is 11.3 Å². The van der Waals surface area contributed by atoms with Crippen LogP contribution in [0.3, 0.4) is 0 Å². The van der Waals surface area contributed by atoms with Gasteiger partial charge in [0.25, 0.3) is 0 Å². The summed E-state index contributed by atoms with van der Waals surface area (Å²) in [7, 11) is 1.63. The number of rotatable bonds is 5. The number of methoxy groups -OCH3 is 1. The van der Waals surface area contributed by atoms with E-state index in [9.17, 15) is 4.79 Å². The molecule has 126 valence electrons. The van der Waals surface area contributed by atoms with E-state index >= 15 is 0 Å². The molecule has 0 heterocycles. The third kappa shape index (κ3) is 4.14. The van der Waals surface area contributed by atoms with Crippen molar-refractivity contribution in [1.82, 2.24) is 0 Å². The van der Waals surface area contributed by atoms with Gasteiger partial charge < -0.3 is 14.9 Å². The van der Waals surface area contributed by atoms with E-state index in [-0.39, 0.29) is 12.3 Å². The average molecular weight is 334 g/mol. The molecule has 25 heavy (non-hydrogen) atoms. The molecule has 3 aromatic carbocycles. The Morgan fingerprint density at radius 2 is 1.72 bits per heavy atom. The van der Waals surface area contributed by atoms with Gasteiger partial charge in [0, 0.05) is 5.69 Å². The monoisotopic (exact) mass is 334 g/mol. The van der Waals surface area contributed by atoms with E-state index in [2.05, 4.69) is 5.32 Å². The second-order valence-electron chi connectivity index (χ2n) is 5.47. The molecule has 0 aromatic heterocycles. The minimum atomic E-state index is -0.582. The Morgan fingerprint density at radius 1 is 1.00 bits per heavy atom. The summed E-state index contributed by atoms with van der Waals surface area (Å²) < 4.78 is 10.3. The van der Waals surface area contributed by atoms with Crippen LogP contribution in [0, 0.1) is 5.41 Å². The molecule has 0 spiro atoms. The largest absolute Gasteiger partial charge is 0.497 e. The lowest BCUT2D eigenvalue weighted by Crippen LogP contribution is -2.18. The van der Waals surface area contributed by atoms with Crippen LogP contribution in [0.1, 0.15) is 5.56 Å². The van der Waals surface area contributed by atoms with E-state index in [4.69, 9.17) is 14.9 Å². The summed E-state index contributed by atoms with van der Waals surface area (Å²) in [5.74, 6) is 0.788. The smallest absolute Gasteiger partial charge is 0.412 e. The van der Waals surface area contributed by atoms with Gasteiger partial charge in [0.05, 0.1) is 12.8 Å². The highest BCUT2D eigenvalue weighted by molar-refractivity contribution is 6.03. The zero-order valence-electron chi connectivity index (χ0n) is 13.8. The first-order chi connectivity index (χ1) is 12.2. The topological polar surface area (TPSA) is 71.4 Å². The van der Waals surface area contributed by atoms with E-state index in [1.807, 2.05) is 54.6 Å². The van der Waals surface area contributed by atoms with Crippen molar-refractivity contribution < 1.29 is 14.3 Å². The van der Waals surface area contributed by atoms with Gasteiger partial charge in [0.15, 0.2) is 0 Å².